The van der Waals surface area contributed by atoms with Gasteiger partial charge < -0.3 is 5.32 Å². The summed E-state index contributed by atoms with van der Waals surface area (Å²) in [5.74, 6) is 0.0226. The Morgan fingerprint density at radius 1 is 1.12 bits per heavy atom. The summed E-state index contributed by atoms with van der Waals surface area (Å²) in [6, 6.07) is 15.0. The van der Waals surface area contributed by atoms with Crippen molar-refractivity contribution in [1.82, 2.24) is 29.0 Å². The number of anilines is 1. The molecule has 0 aliphatic rings. The molecule has 0 unspecified atom stereocenters. The molecular formula is C15H11N7OS2. The van der Waals surface area contributed by atoms with Gasteiger partial charge in [0, 0.05) is 0 Å². The summed E-state index contributed by atoms with van der Waals surface area (Å²) in [7, 11) is 0. The van der Waals surface area contributed by atoms with Crippen molar-refractivity contribution in [2.24, 2.45) is 0 Å². The number of hydrogen-bond donors (Lipinski definition) is 1. The molecule has 0 aliphatic heterocycles. The number of nitrogens with zero attached hydrogens (tertiary/aromatic N) is 6. The Labute approximate surface area is 150 Å². The summed E-state index contributed by atoms with van der Waals surface area (Å²) in [6.07, 6.45) is 0. The zero-order valence-electron chi connectivity index (χ0n) is 12.7. The number of rotatable bonds is 5. The average molecular weight is 369 g/mol. The summed E-state index contributed by atoms with van der Waals surface area (Å²) in [5.41, 5.74) is 2.96. The molecule has 4 aromatic rings. The number of fused-ring (bicyclic) bond motifs is 1. The van der Waals surface area contributed by atoms with Gasteiger partial charge in [0.05, 0.1) is 28.9 Å². The molecule has 25 heavy (non-hydrogen) atoms. The second-order valence-corrected chi connectivity index (χ2v) is 6.45. The normalized spacial score (nSPS) is 10.9. The highest BCUT2D eigenvalue weighted by atomic mass is 32.2. The van der Waals surface area contributed by atoms with Gasteiger partial charge in [0.1, 0.15) is 11.0 Å². The second kappa shape index (κ2) is 6.95. The fraction of sp³-hybridized carbons (Fsp3) is 0.0667. The van der Waals surface area contributed by atoms with Gasteiger partial charge in [-0.15, -0.1) is 5.10 Å². The van der Waals surface area contributed by atoms with Gasteiger partial charge in [-0.05, 0) is 34.7 Å². The lowest BCUT2D eigenvalue weighted by molar-refractivity contribution is -0.113. The van der Waals surface area contributed by atoms with Crippen LogP contribution in [-0.4, -0.2) is 40.6 Å². The van der Waals surface area contributed by atoms with Gasteiger partial charge in [-0.25, -0.2) is 0 Å². The van der Waals surface area contributed by atoms with E-state index in [9.17, 15) is 4.79 Å². The predicted molar refractivity (Wildman–Crippen MR) is 95.9 cm³/mol. The van der Waals surface area contributed by atoms with Crippen LogP contribution in [0, 0.1) is 0 Å². The van der Waals surface area contributed by atoms with Crippen LogP contribution in [0.1, 0.15) is 0 Å². The summed E-state index contributed by atoms with van der Waals surface area (Å²) < 4.78 is 9.97. The first-order valence-corrected chi connectivity index (χ1v) is 9.00. The third kappa shape index (κ3) is 3.35. The van der Waals surface area contributed by atoms with E-state index in [1.807, 2.05) is 42.5 Å². The lowest BCUT2D eigenvalue weighted by Crippen LogP contribution is -2.15. The fourth-order valence-electron chi connectivity index (χ4n) is 2.22. The summed E-state index contributed by atoms with van der Waals surface area (Å²) in [6.45, 7) is 0. The van der Waals surface area contributed by atoms with E-state index in [1.165, 1.54) is 11.8 Å². The monoisotopic (exact) mass is 369 g/mol. The molecule has 0 bridgehead atoms. The smallest absolute Gasteiger partial charge is 0.234 e. The van der Waals surface area contributed by atoms with Gasteiger partial charge in [0.15, 0.2) is 0 Å². The first kappa shape index (κ1) is 15.7. The zero-order chi connectivity index (χ0) is 17.1. The quantitative estimate of drug-likeness (QED) is 0.539. The number of tetrazole rings is 1. The molecule has 0 saturated carbocycles. The molecule has 0 atom stereocenters. The van der Waals surface area contributed by atoms with Crippen LogP contribution in [0.2, 0.25) is 0 Å². The van der Waals surface area contributed by atoms with E-state index < -0.39 is 0 Å². The van der Waals surface area contributed by atoms with E-state index in [4.69, 9.17) is 0 Å². The highest BCUT2D eigenvalue weighted by Crippen LogP contribution is 2.22. The molecule has 2 heterocycles. The average Bonchev–Trinajstić information content (AvgIpc) is 3.30. The van der Waals surface area contributed by atoms with Crippen molar-refractivity contribution in [2.45, 2.75) is 5.16 Å². The van der Waals surface area contributed by atoms with Gasteiger partial charge >= 0.3 is 0 Å². The Bertz CT molecular complexity index is 1010. The Morgan fingerprint density at radius 3 is 2.88 bits per heavy atom. The van der Waals surface area contributed by atoms with Crippen LogP contribution in [0.15, 0.2) is 53.7 Å². The van der Waals surface area contributed by atoms with Gasteiger partial charge in [-0.1, -0.05) is 36.0 Å². The van der Waals surface area contributed by atoms with Gasteiger partial charge in [-0.2, -0.15) is 13.4 Å². The van der Waals surface area contributed by atoms with E-state index in [-0.39, 0.29) is 11.7 Å². The number of thioether (sulfide) groups is 1. The molecule has 1 amide bonds. The maximum atomic E-state index is 12.3. The first-order valence-electron chi connectivity index (χ1n) is 7.29. The Morgan fingerprint density at radius 2 is 2.00 bits per heavy atom. The minimum absolute atomic E-state index is 0.159. The molecule has 10 heteroatoms. The number of para-hydroxylation sites is 1. The van der Waals surface area contributed by atoms with Crippen molar-refractivity contribution >= 4 is 46.1 Å². The third-order valence-electron chi connectivity index (χ3n) is 3.33. The molecule has 0 aliphatic carbocycles. The van der Waals surface area contributed by atoms with Crippen LogP contribution in [-0.2, 0) is 4.79 Å². The standard InChI is InChI=1S/C15H11N7OS2/c23-13(16-11-7-4-8-12-14(11)19-25-18-12)9-24-15-17-20-21-22(15)10-5-2-1-3-6-10/h1-8H,9H2,(H,16,23). The Hall–Kier alpha value is -2.85. The van der Waals surface area contributed by atoms with Crippen LogP contribution in [0.4, 0.5) is 5.69 Å². The molecule has 0 radical (unpaired) electrons. The molecule has 0 fully saturated rings. The topological polar surface area (TPSA) is 98.5 Å². The van der Waals surface area contributed by atoms with E-state index in [0.717, 1.165) is 22.9 Å². The maximum Gasteiger partial charge on any atom is 0.234 e. The van der Waals surface area contributed by atoms with Crippen molar-refractivity contribution in [3.8, 4) is 5.69 Å². The Balaban J connectivity index is 1.45. The molecular weight excluding hydrogens is 358 g/mol. The second-order valence-electron chi connectivity index (χ2n) is 4.98. The number of aromatic nitrogens is 6. The maximum absolute atomic E-state index is 12.3. The number of benzene rings is 2. The van der Waals surface area contributed by atoms with Crippen molar-refractivity contribution in [1.29, 1.82) is 0 Å². The van der Waals surface area contributed by atoms with Crippen LogP contribution in [0.3, 0.4) is 0 Å². The van der Waals surface area contributed by atoms with Crippen LogP contribution in [0.5, 0.6) is 0 Å². The Kier molecular flexibility index (Phi) is 4.36. The van der Waals surface area contributed by atoms with Crippen LogP contribution < -0.4 is 5.32 Å². The van der Waals surface area contributed by atoms with Crippen molar-refractivity contribution in [3.63, 3.8) is 0 Å². The number of carbonyl (C=O) groups is 1. The van der Waals surface area contributed by atoms with E-state index in [0.29, 0.717) is 16.4 Å². The molecule has 0 spiro atoms. The first-order chi connectivity index (χ1) is 12.3. The van der Waals surface area contributed by atoms with Gasteiger partial charge in [-0.3, -0.25) is 4.79 Å². The molecule has 124 valence electrons. The molecule has 2 aromatic carbocycles. The molecule has 1 N–H and O–H groups in total. The number of nitrogens with one attached hydrogen (secondary N) is 1. The highest BCUT2D eigenvalue weighted by Gasteiger charge is 2.13. The number of hydrogen-bond acceptors (Lipinski definition) is 8. The minimum Gasteiger partial charge on any atom is -0.323 e. The van der Waals surface area contributed by atoms with Gasteiger partial charge in [0.25, 0.3) is 0 Å². The summed E-state index contributed by atoms with van der Waals surface area (Å²) in [4.78, 5) is 12.3. The lowest BCUT2D eigenvalue weighted by Gasteiger charge is -2.06. The minimum atomic E-state index is -0.159. The molecule has 4 rings (SSSR count). The highest BCUT2D eigenvalue weighted by molar-refractivity contribution is 7.99. The van der Waals surface area contributed by atoms with Crippen LogP contribution >= 0.6 is 23.5 Å². The molecule has 0 saturated heterocycles. The van der Waals surface area contributed by atoms with Crippen molar-refractivity contribution < 1.29 is 4.79 Å². The van der Waals surface area contributed by atoms with Crippen molar-refractivity contribution in [2.75, 3.05) is 11.1 Å². The third-order valence-corrected chi connectivity index (χ3v) is 4.80. The molecule has 8 nitrogen and oxygen atoms in total. The van der Waals surface area contributed by atoms with E-state index in [1.54, 1.807) is 10.7 Å². The fourth-order valence-corrected chi connectivity index (χ4v) is 3.46. The summed E-state index contributed by atoms with van der Waals surface area (Å²) >= 11 is 2.38. The predicted octanol–water partition coefficient (Wildman–Crippen LogP) is 2.40. The van der Waals surface area contributed by atoms with E-state index >= 15 is 0 Å². The largest absolute Gasteiger partial charge is 0.323 e. The number of carbonyl (C=O) groups excluding carboxylic acids is 1. The molecule has 2 aromatic heterocycles. The van der Waals surface area contributed by atoms with Gasteiger partial charge in [0.2, 0.25) is 11.1 Å². The SMILES string of the molecule is O=C(CSc1nnnn1-c1ccccc1)Nc1cccc2nsnc12. The summed E-state index contributed by atoms with van der Waals surface area (Å²) in [5, 5.41) is 15.0. The zero-order valence-corrected chi connectivity index (χ0v) is 14.4. The van der Waals surface area contributed by atoms with Crippen molar-refractivity contribution in [3.05, 3.63) is 48.5 Å². The van der Waals surface area contributed by atoms with Crippen LogP contribution in [0.25, 0.3) is 16.7 Å². The number of amides is 1. The lowest BCUT2D eigenvalue weighted by atomic mass is 10.2. The van der Waals surface area contributed by atoms with E-state index in [2.05, 4.69) is 29.6 Å².